The van der Waals surface area contributed by atoms with Gasteiger partial charge < -0.3 is 20.1 Å². The number of ketones is 1. The maximum atomic E-state index is 11.5. The van der Waals surface area contributed by atoms with Gasteiger partial charge >= 0.3 is 5.97 Å². The fourth-order valence-electron chi connectivity index (χ4n) is 2.23. The molecule has 0 aliphatic heterocycles. The third kappa shape index (κ3) is 5.90. The Morgan fingerprint density at radius 3 is 2.62 bits per heavy atom. The molecule has 0 bridgehead atoms. The van der Waals surface area contributed by atoms with Crippen LogP contribution in [-0.2, 0) is 11.2 Å². The summed E-state index contributed by atoms with van der Waals surface area (Å²) in [4.78, 5) is 22.1. The zero-order valence-electron chi connectivity index (χ0n) is 13.4. The maximum Gasteiger partial charge on any atom is 0.304 e. The number of Topliss-reactive ketones (excluding diaryl/α,β-unsaturated/α-hetero) is 1. The van der Waals surface area contributed by atoms with Crippen molar-refractivity contribution in [2.45, 2.75) is 37.5 Å². The quantitative estimate of drug-likeness (QED) is 0.292. The number of hydrogen-bond donors (Lipinski definition) is 4. The van der Waals surface area contributed by atoms with Crippen LogP contribution in [-0.4, -0.2) is 45.0 Å². The molecule has 0 fully saturated rings. The Bertz CT molecular complexity index is 613. The van der Waals surface area contributed by atoms with Crippen molar-refractivity contribution in [1.29, 1.82) is 0 Å². The second-order valence-corrected chi connectivity index (χ2v) is 6.17. The van der Waals surface area contributed by atoms with E-state index >= 15 is 0 Å². The lowest BCUT2D eigenvalue weighted by Gasteiger charge is -2.18. The van der Waals surface area contributed by atoms with Crippen molar-refractivity contribution >= 4 is 24.4 Å². The average molecular weight is 354 g/mol. The molecular weight excluding hydrogens is 332 g/mol. The molecule has 0 saturated carbocycles. The van der Waals surface area contributed by atoms with Crippen LogP contribution in [0.1, 0.15) is 35.7 Å². The summed E-state index contributed by atoms with van der Waals surface area (Å²) in [5.41, 5.74) is 0.606. The second kappa shape index (κ2) is 9.34. The van der Waals surface area contributed by atoms with Gasteiger partial charge in [-0.15, -0.1) is 6.58 Å². The van der Waals surface area contributed by atoms with Crippen molar-refractivity contribution in [2.24, 2.45) is 0 Å². The molecule has 0 aromatic heterocycles. The first-order chi connectivity index (χ1) is 11.3. The molecule has 1 aromatic carbocycles. The summed E-state index contributed by atoms with van der Waals surface area (Å²) in [5, 5.41) is 28.3. The molecule has 7 heteroatoms. The monoisotopic (exact) mass is 354 g/mol. The summed E-state index contributed by atoms with van der Waals surface area (Å²) in [5.74, 6) is -1.07. The van der Waals surface area contributed by atoms with Crippen LogP contribution >= 0.6 is 12.6 Å². The summed E-state index contributed by atoms with van der Waals surface area (Å²) >= 11 is 4.11. The van der Waals surface area contributed by atoms with Crippen LogP contribution in [0.15, 0.2) is 24.8 Å². The van der Waals surface area contributed by atoms with Crippen molar-refractivity contribution in [1.82, 2.24) is 0 Å². The standard InChI is InChI=1S/C17H22O6S/c1-3-4-14-15(6-5-13(10(2)18)17(14)22)23-9-11(19)7-12(24)8-16(20)21/h3,5-6,11-12,19,22,24H,1,4,7-9H2,2H3,(H,20,21). The topological polar surface area (TPSA) is 104 Å². The van der Waals surface area contributed by atoms with Gasteiger partial charge in [0, 0.05) is 10.8 Å². The molecule has 0 aliphatic rings. The Hall–Kier alpha value is -1.99. The first-order valence-electron chi connectivity index (χ1n) is 7.43. The van der Waals surface area contributed by atoms with E-state index in [1.165, 1.54) is 13.0 Å². The highest BCUT2D eigenvalue weighted by molar-refractivity contribution is 7.81. The van der Waals surface area contributed by atoms with Gasteiger partial charge in [0.15, 0.2) is 5.78 Å². The Balaban J connectivity index is 2.80. The molecule has 0 saturated heterocycles. The van der Waals surface area contributed by atoms with Gasteiger partial charge in [0.25, 0.3) is 0 Å². The number of aliphatic hydroxyl groups excluding tert-OH is 1. The third-order valence-electron chi connectivity index (χ3n) is 3.35. The smallest absolute Gasteiger partial charge is 0.304 e. The van der Waals surface area contributed by atoms with Crippen molar-refractivity contribution in [3.05, 3.63) is 35.9 Å². The Morgan fingerprint density at radius 1 is 1.42 bits per heavy atom. The summed E-state index contributed by atoms with van der Waals surface area (Å²) in [6.07, 6.45) is 0.962. The van der Waals surface area contributed by atoms with Gasteiger partial charge in [0.2, 0.25) is 0 Å². The molecule has 132 valence electrons. The molecule has 6 nitrogen and oxygen atoms in total. The summed E-state index contributed by atoms with van der Waals surface area (Å²) in [7, 11) is 0. The van der Waals surface area contributed by atoms with E-state index < -0.39 is 17.3 Å². The number of carbonyl (C=O) groups excluding carboxylic acids is 1. The molecule has 2 unspecified atom stereocenters. The summed E-state index contributed by atoms with van der Waals surface area (Å²) in [6.45, 7) is 4.88. The van der Waals surface area contributed by atoms with E-state index in [0.717, 1.165) is 0 Å². The summed E-state index contributed by atoms with van der Waals surface area (Å²) < 4.78 is 5.52. The third-order valence-corrected chi connectivity index (χ3v) is 3.75. The van der Waals surface area contributed by atoms with Crippen LogP contribution < -0.4 is 4.74 Å². The molecule has 2 atom stereocenters. The molecule has 3 N–H and O–H groups in total. The van der Waals surface area contributed by atoms with Gasteiger partial charge in [0.1, 0.15) is 18.1 Å². The fourth-order valence-corrected chi connectivity index (χ4v) is 2.63. The average Bonchev–Trinajstić information content (AvgIpc) is 2.46. The van der Waals surface area contributed by atoms with E-state index in [0.29, 0.717) is 17.7 Å². The molecule has 0 aliphatic carbocycles. The lowest BCUT2D eigenvalue weighted by atomic mass is 10.0. The second-order valence-electron chi connectivity index (χ2n) is 5.44. The Morgan fingerprint density at radius 2 is 2.08 bits per heavy atom. The van der Waals surface area contributed by atoms with Gasteiger partial charge in [-0.2, -0.15) is 12.6 Å². The van der Waals surface area contributed by atoms with Crippen LogP contribution in [0.4, 0.5) is 0 Å². The van der Waals surface area contributed by atoms with Gasteiger partial charge in [-0.05, 0) is 31.9 Å². The predicted molar refractivity (Wildman–Crippen MR) is 93.2 cm³/mol. The number of aliphatic hydroxyl groups is 1. The molecule has 0 heterocycles. The van der Waals surface area contributed by atoms with Gasteiger partial charge in [-0.1, -0.05) is 6.08 Å². The highest BCUT2D eigenvalue weighted by Crippen LogP contribution is 2.32. The SMILES string of the molecule is C=CCc1c(OCC(O)CC(S)CC(=O)O)ccc(C(C)=O)c1O. The Labute approximate surface area is 146 Å². The molecule has 1 rings (SSSR count). The number of aliphatic carboxylic acids is 1. The number of rotatable bonds is 10. The van der Waals surface area contributed by atoms with E-state index in [1.807, 2.05) is 0 Å². The molecule has 24 heavy (non-hydrogen) atoms. The van der Waals surface area contributed by atoms with E-state index in [2.05, 4.69) is 19.2 Å². The number of thiol groups is 1. The molecular formula is C17H22O6S. The first kappa shape index (κ1) is 20.1. The Kier molecular flexibility index (Phi) is 7.81. The number of allylic oxidation sites excluding steroid dienone is 1. The number of benzene rings is 1. The number of carboxylic acid groups (broad SMARTS) is 1. The minimum atomic E-state index is -0.985. The fraction of sp³-hybridized carbons (Fsp3) is 0.412. The number of carboxylic acids is 1. The number of carbonyl (C=O) groups is 2. The first-order valence-corrected chi connectivity index (χ1v) is 7.95. The van der Waals surface area contributed by atoms with Crippen molar-refractivity contribution < 1.29 is 29.6 Å². The predicted octanol–water partition coefficient (Wildman–Crippen LogP) is 2.23. The van der Waals surface area contributed by atoms with Crippen LogP contribution in [0.2, 0.25) is 0 Å². The van der Waals surface area contributed by atoms with Gasteiger partial charge in [-0.3, -0.25) is 9.59 Å². The highest BCUT2D eigenvalue weighted by atomic mass is 32.1. The number of aromatic hydroxyl groups is 1. The highest BCUT2D eigenvalue weighted by Gasteiger charge is 2.18. The molecule has 1 aromatic rings. The van der Waals surface area contributed by atoms with Crippen LogP contribution in [0.5, 0.6) is 11.5 Å². The van der Waals surface area contributed by atoms with Crippen LogP contribution in [0, 0.1) is 0 Å². The summed E-state index contributed by atoms with van der Waals surface area (Å²) in [6, 6.07) is 3.01. The zero-order chi connectivity index (χ0) is 18.3. The van der Waals surface area contributed by atoms with E-state index in [-0.39, 0.29) is 36.5 Å². The number of ether oxygens (including phenoxy) is 1. The number of hydrogen-bond acceptors (Lipinski definition) is 6. The van der Waals surface area contributed by atoms with Crippen molar-refractivity contribution in [2.75, 3.05) is 6.61 Å². The normalized spacial score (nSPS) is 13.1. The van der Waals surface area contributed by atoms with Crippen molar-refractivity contribution in [3.63, 3.8) is 0 Å². The van der Waals surface area contributed by atoms with E-state index in [9.17, 15) is 19.8 Å². The maximum absolute atomic E-state index is 11.5. The minimum absolute atomic E-state index is 0.0837. The number of phenolic OH excluding ortho intramolecular Hbond substituents is 1. The van der Waals surface area contributed by atoms with E-state index in [4.69, 9.17) is 9.84 Å². The largest absolute Gasteiger partial charge is 0.507 e. The molecule has 0 radical (unpaired) electrons. The lowest BCUT2D eigenvalue weighted by Crippen LogP contribution is -2.23. The zero-order valence-corrected chi connectivity index (χ0v) is 14.3. The van der Waals surface area contributed by atoms with Gasteiger partial charge in [0.05, 0.1) is 18.1 Å². The van der Waals surface area contributed by atoms with Crippen LogP contribution in [0.3, 0.4) is 0 Å². The molecule has 0 spiro atoms. The van der Waals surface area contributed by atoms with Gasteiger partial charge in [-0.25, -0.2) is 0 Å². The minimum Gasteiger partial charge on any atom is -0.507 e. The van der Waals surface area contributed by atoms with Crippen LogP contribution in [0.25, 0.3) is 0 Å². The lowest BCUT2D eigenvalue weighted by molar-refractivity contribution is -0.137. The molecule has 0 amide bonds. The van der Waals surface area contributed by atoms with Crippen molar-refractivity contribution in [3.8, 4) is 11.5 Å². The number of phenols is 1. The van der Waals surface area contributed by atoms with E-state index in [1.54, 1.807) is 12.1 Å².